The van der Waals surface area contributed by atoms with E-state index in [2.05, 4.69) is 34.4 Å². The maximum absolute atomic E-state index is 5.94. The average molecular weight is 269 g/mol. The van der Waals surface area contributed by atoms with Crippen molar-refractivity contribution in [1.82, 2.24) is 15.1 Å². The maximum atomic E-state index is 5.94. The molecule has 0 aromatic carbocycles. The molecule has 1 atom stereocenters. The van der Waals surface area contributed by atoms with Gasteiger partial charge in [-0.2, -0.15) is 0 Å². The minimum absolute atomic E-state index is 0.487. The third-order valence-corrected chi connectivity index (χ3v) is 4.21. The molecule has 1 N–H and O–H groups in total. The smallest absolute Gasteiger partial charge is 0.155 e. The standard InChI is InChI=1S/C13H21ClN4/c1-8(18(4)11-5-6-11)7-15-13-10(3)9(2)12(14)16-17-13/h8,11H,5-7H2,1-4H3,(H,15,17). The van der Waals surface area contributed by atoms with Crippen molar-refractivity contribution in [2.24, 2.45) is 0 Å². The molecule has 0 bridgehead atoms. The zero-order valence-electron chi connectivity index (χ0n) is 11.5. The molecule has 1 aromatic heterocycles. The highest BCUT2D eigenvalue weighted by molar-refractivity contribution is 6.30. The predicted octanol–water partition coefficient (Wildman–Crippen LogP) is 2.64. The van der Waals surface area contributed by atoms with Crippen LogP contribution in [0.3, 0.4) is 0 Å². The van der Waals surface area contributed by atoms with E-state index in [1.54, 1.807) is 0 Å². The molecule has 1 aromatic rings. The molecule has 0 spiro atoms. The van der Waals surface area contributed by atoms with Crippen molar-refractivity contribution in [2.75, 3.05) is 18.9 Å². The topological polar surface area (TPSA) is 41.1 Å². The second-order valence-electron chi connectivity index (χ2n) is 5.22. The Bertz CT molecular complexity index is 431. The summed E-state index contributed by atoms with van der Waals surface area (Å²) in [7, 11) is 2.19. The van der Waals surface area contributed by atoms with E-state index in [0.717, 1.165) is 29.5 Å². The molecule has 0 radical (unpaired) electrons. The summed E-state index contributed by atoms with van der Waals surface area (Å²) in [6.07, 6.45) is 2.67. The molecule has 1 aliphatic rings. The second kappa shape index (κ2) is 5.41. The van der Waals surface area contributed by atoms with Gasteiger partial charge in [0, 0.05) is 18.6 Å². The molecule has 1 saturated carbocycles. The molecule has 4 nitrogen and oxygen atoms in total. The fourth-order valence-corrected chi connectivity index (χ4v) is 2.15. The summed E-state index contributed by atoms with van der Waals surface area (Å²) in [4.78, 5) is 2.43. The zero-order chi connectivity index (χ0) is 13.3. The van der Waals surface area contributed by atoms with Crippen molar-refractivity contribution in [1.29, 1.82) is 0 Å². The van der Waals surface area contributed by atoms with Crippen molar-refractivity contribution in [3.8, 4) is 0 Å². The molecule has 1 fully saturated rings. The zero-order valence-corrected chi connectivity index (χ0v) is 12.3. The molecule has 5 heteroatoms. The Labute approximate surface area is 114 Å². The number of anilines is 1. The van der Waals surface area contributed by atoms with Crippen LogP contribution in [-0.2, 0) is 0 Å². The first-order chi connectivity index (χ1) is 8.50. The number of hydrogen-bond donors (Lipinski definition) is 1. The van der Waals surface area contributed by atoms with E-state index in [0.29, 0.717) is 11.2 Å². The Balaban J connectivity index is 1.95. The summed E-state index contributed by atoms with van der Waals surface area (Å²) < 4.78 is 0. The van der Waals surface area contributed by atoms with Gasteiger partial charge >= 0.3 is 0 Å². The van der Waals surface area contributed by atoms with Gasteiger partial charge in [0.15, 0.2) is 11.0 Å². The van der Waals surface area contributed by atoms with E-state index in [1.165, 1.54) is 12.8 Å². The SMILES string of the molecule is Cc1c(Cl)nnc(NCC(C)N(C)C2CC2)c1C. The van der Waals surface area contributed by atoms with Gasteiger partial charge < -0.3 is 5.32 Å². The Hall–Kier alpha value is -0.870. The molecule has 0 amide bonds. The number of likely N-dealkylation sites (N-methyl/N-ethyl adjacent to an activating group) is 1. The van der Waals surface area contributed by atoms with Gasteiger partial charge in [0.25, 0.3) is 0 Å². The van der Waals surface area contributed by atoms with Crippen LogP contribution < -0.4 is 5.32 Å². The van der Waals surface area contributed by atoms with Crippen LogP contribution in [0.4, 0.5) is 5.82 Å². The number of nitrogens with one attached hydrogen (secondary N) is 1. The lowest BCUT2D eigenvalue weighted by molar-refractivity contribution is 0.257. The number of nitrogens with zero attached hydrogens (tertiary/aromatic N) is 3. The van der Waals surface area contributed by atoms with Crippen LogP contribution in [0.2, 0.25) is 5.15 Å². The fourth-order valence-electron chi connectivity index (χ4n) is 1.97. The largest absolute Gasteiger partial charge is 0.367 e. The number of hydrogen-bond acceptors (Lipinski definition) is 4. The normalized spacial score (nSPS) is 17.0. The molecule has 18 heavy (non-hydrogen) atoms. The van der Waals surface area contributed by atoms with Gasteiger partial charge in [0.1, 0.15) is 0 Å². The Kier molecular flexibility index (Phi) is 4.07. The maximum Gasteiger partial charge on any atom is 0.155 e. The van der Waals surface area contributed by atoms with E-state index in [4.69, 9.17) is 11.6 Å². The molecule has 1 unspecified atom stereocenters. The van der Waals surface area contributed by atoms with E-state index in [-0.39, 0.29) is 0 Å². The van der Waals surface area contributed by atoms with E-state index >= 15 is 0 Å². The highest BCUT2D eigenvalue weighted by Crippen LogP contribution is 2.27. The lowest BCUT2D eigenvalue weighted by Crippen LogP contribution is -2.36. The quantitative estimate of drug-likeness (QED) is 0.891. The van der Waals surface area contributed by atoms with Crippen LogP contribution >= 0.6 is 11.6 Å². The van der Waals surface area contributed by atoms with Gasteiger partial charge in [0.2, 0.25) is 0 Å². The van der Waals surface area contributed by atoms with Crippen LogP contribution in [0.15, 0.2) is 0 Å². The van der Waals surface area contributed by atoms with Crippen molar-refractivity contribution >= 4 is 17.4 Å². The van der Waals surface area contributed by atoms with Gasteiger partial charge in [-0.15, -0.1) is 10.2 Å². The third-order valence-electron chi connectivity index (χ3n) is 3.85. The van der Waals surface area contributed by atoms with Crippen LogP contribution in [0.1, 0.15) is 30.9 Å². The molecule has 0 aliphatic heterocycles. The van der Waals surface area contributed by atoms with Gasteiger partial charge in [0.05, 0.1) is 0 Å². The Morgan fingerprint density at radius 2 is 2.00 bits per heavy atom. The van der Waals surface area contributed by atoms with Crippen LogP contribution in [-0.4, -0.2) is 40.8 Å². The fraction of sp³-hybridized carbons (Fsp3) is 0.692. The van der Waals surface area contributed by atoms with Gasteiger partial charge in [-0.05, 0) is 51.8 Å². The van der Waals surface area contributed by atoms with Crippen LogP contribution in [0.5, 0.6) is 0 Å². The lowest BCUT2D eigenvalue weighted by Gasteiger charge is -2.25. The van der Waals surface area contributed by atoms with Crippen molar-refractivity contribution in [2.45, 2.75) is 45.7 Å². The summed E-state index contributed by atoms with van der Waals surface area (Å²) in [5.74, 6) is 0.841. The number of halogens is 1. The highest BCUT2D eigenvalue weighted by Gasteiger charge is 2.28. The van der Waals surface area contributed by atoms with Crippen molar-refractivity contribution < 1.29 is 0 Å². The first-order valence-electron chi connectivity index (χ1n) is 6.46. The molecule has 0 saturated heterocycles. The molecule has 1 aliphatic carbocycles. The molecule has 1 heterocycles. The summed E-state index contributed by atoms with van der Waals surface area (Å²) >= 11 is 5.94. The average Bonchev–Trinajstić information content (AvgIpc) is 3.18. The van der Waals surface area contributed by atoms with E-state index in [1.807, 2.05) is 13.8 Å². The van der Waals surface area contributed by atoms with E-state index in [9.17, 15) is 0 Å². The first kappa shape index (κ1) is 13.6. The lowest BCUT2D eigenvalue weighted by atomic mass is 10.2. The monoisotopic (exact) mass is 268 g/mol. The third kappa shape index (κ3) is 2.93. The van der Waals surface area contributed by atoms with Crippen molar-refractivity contribution in [3.05, 3.63) is 16.3 Å². The minimum Gasteiger partial charge on any atom is -0.367 e. The molecular weight excluding hydrogens is 248 g/mol. The van der Waals surface area contributed by atoms with Crippen LogP contribution in [0.25, 0.3) is 0 Å². The summed E-state index contributed by atoms with van der Waals surface area (Å²) in [5, 5.41) is 11.9. The van der Waals surface area contributed by atoms with Crippen LogP contribution in [0, 0.1) is 13.8 Å². The summed E-state index contributed by atoms with van der Waals surface area (Å²) in [5.41, 5.74) is 2.08. The Morgan fingerprint density at radius 1 is 1.33 bits per heavy atom. The molecule has 100 valence electrons. The summed E-state index contributed by atoms with van der Waals surface area (Å²) in [6.45, 7) is 7.10. The minimum atomic E-state index is 0.487. The summed E-state index contributed by atoms with van der Waals surface area (Å²) in [6, 6.07) is 1.27. The Morgan fingerprint density at radius 3 is 2.61 bits per heavy atom. The van der Waals surface area contributed by atoms with Crippen molar-refractivity contribution in [3.63, 3.8) is 0 Å². The number of rotatable bonds is 5. The van der Waals surface area contributed by atoms with Gasteiger partial charge in [-0.3, -0.25) is 4.90 Å². The number of aromatic nitrogens is 2. The first-order valence-corrected chi connectivity index (χ1v) is 6.83. The van der Waals surface area contributed by atoms with E-state index < -0.39 is 0 Å². The predicted molar refractivity (Wildman–Crippen MR) is 75.3 cm³/mol. The second-order valence-corrected chi connectivity index (χ2v) is 5.57. The molecule has 2 rings (SSSR count). The molecular formula is C13H21ClN4. The van der Waals surface area contributed by atoms with Gasteiger partial charge in [-0.1, -0.05) is 11.6 Å². The van der Waals surface area contributed by atoms with Gasteiger partial charge in [-0.25, -0.2) is 0 Å². The highest BCUT2D eigenvalue weighted by atomic mass is 35.5.